The molecule has 108 valence electrons. The molecule has 1 N–H and O–H groups in total. The van der Waals surface area contributed by atoms with Crippen LogP contribution in [0.2, 0.25) is 0 Å². The SMILES string of the molecule is CCCCOCCSc1cccc(CNCCC)c1. The summed E-state index contributed by atoms with van der Waals surface area (Å²) >= 11 is 1.88. The highest BCUT2D eigenvalue weighted by atomic mass is 32.2. The summed E-state index contributed by atoms with van der Waals surface area (Å²) in [6.07, 6.45) is 3.56. The first-order valence-electron chi connectivity index (χ1n) is 7.37. The minimum atomic E-state index is 0.850. The number of thioether (sulfide) groups is 1. The van der Waals surface area contributed by atoms with E-state index in [2.05, 4.69) is 43.4 Å². The molecule has 0 aliphatic heterocycles. The van der Waals surface area contributed by atoms with E-state index in [0.29, 0.717) is 0 Å². The topological polar surface area (TPSA) is 21.3 Å². The van der Waals surface area contributed by atoms with Crippen LogP contribution < -0.4 is 5.32 Å². The number of unbranched alkanes of at least 4 members (excludes halogenated alkanes) is 1. The van der Waals surface area contributed by atoms with Gasteiger partial charge < -0.3 is 10.1 Å². The second-order valence-electron chi connectivity index (χ2n) is 4.64. The van der Waals surface area contributed by atoms with Crippen LogP contribution in [0.25, 0.3) is 0 Å². The van der Waals surface area contributed by atoms with Gasteiger partial charge in [-0.1, -0.05) is 32.4 Å². The summed E-state index contributed by atoms with van der Waals surface area (Å²) < 4.78 is 5.57. The van der Waals surface area contributed by atoms with Crippen LogP contribution in [-0.2, 0) is 11.3 Å². The molecular weight excluding hydrogens is 254 g/mol. The molecular formula is C16H27NOS. The van der Waals surface area contributed by atoms with Crippen LogP contribution in [0.4, 0.5) is 0 Å². The highest BCUT2D eigenvalue weighted by molar-refractivity contribution is 7.99. The Balaban J connectivity index is 2.20. The van der Waals surface area contributed by atoms with Crippen LogP contribution in [0, 0.1) is 0 Å². The standard InChI is InChI=1S/C16H27NOS/c1-3-5-10-18-11-12-19-16-8-6-7-15(13-16)14-17-9-4-2/h6-8,13,17H,3-5,9-12,14H2,1-2H3. The lowest BCUT2D eigenvalue weighted by Crippen LogP contribution is -2.13. The maximum atomic E-state index is 5.57. The van der Waals surface area contributed by atoms with Crippen LogP contribution in [-0.4, -0.2) is 25.5 Å². The van der Waals surface area contributed by atoms with Gasteiger partial charge in [-0.3, -0.25) is 0 Å². The Labute approximate surface area is 122 Å². The van der Waals surface area contributed by atoms with Crippen LogP contribution in [0.15, 0.2) is 29.2 Å². The van der Waals surface area contributed by atoms with E-state index in [1.165, 1.54) is 29.7 Å². The number of hydrogen-bond donors (Lipinski definition) is 1. The zero-order valence-corrected chi connectivity index (χ0v) is 13.1. The first-order valence-corrected chi connectivity index (χ1v) is 8.35. The summed E-state index contributed by atoms with van der Waals surface area (Å²) in [5, 5.41) is 3.44. The Bertz CT molecular complexity index is 330. The number of hydrogen-bond acceptors (Lipinski definition) is 3. The van der Waals surface area contributed by atoms with Gasteiger partial charge in [-0.25, -0.2) is 0 Å². The molecule has 0 aliphatic carbocycles. The Hall–Kier alpha value is -0.510. The maximum Gasteiger partial charge on any atom is 0.0560 e. The highest BCUT2D eigenvalue weighted by Gasteiger charge is 1.97. The minimum absolute atomic E-state index is 0.850. The summed E-state index contributed by atoms with van der Waals surface area (Å²) in [5.41, 5.74) is 1.37. The average molecular weight is 281 g/mol. The maximum absolute atomic E-state index is 5.57. The Morgan fingerprint density at radius 1 is 1.16 bits per heavy atom. The van der Waals surface area contributed by atoms with Gasteiger partial charge in [-0.15, -0.1) is 11.8 Å². The van der Waals surface area contributed by atoms with Crippen molar-refractivity contribution in [3.05, 3.63) is 29.8 Å². The van der Waals surface area contributed by atoms with E-state index in [0.717, 1.165) is 32.1 Å². The Kier molecular flexibility index (Phi) is 9.86. The van der Waals surface area contributed by atoms with Gasteiger partial charge in [0.1, 0.15) is 0 Å². The van der Waals surface area contributed by atoms with Crippen LogP contribution in [0.1, 0.15) is 38.7 Å². The van der Waals surface area contributed by atoms with Gasteiger partial charge in [0.15, 0.2) is 0 Å². The average Bonchev–Trinajstić information content (AvgIpc) is 2.43. The van der Waals surface area contributed by atoms with Crippen molar-refractivity contribution in [2.45, 2.75) is 44.6 Å². The molecule has 0 heterocycles. The molecule has 0 unspecified atom stereocenters. The molecule has 19 heavy (non-hydrogen) atoms. The number of nitrogens with one attached hydrogen (secondary N) is 1. The molecule has 1 aromatic carbocycles. The van der Waals surface area contributed by atoms with Gasteiger partial charge in [0.2, 0.25) is 0 Å². The lowest BCUT2D eigenvalue weighted by atomic mass is 10.2. The predicted octanol–water partition coefficient (Wildman–Crippen LogP) is 4.10. The lowest BCUT2D eigenvalue weighted by molar-refractivity contribution is 0.147. The smallest absolute Gasteiger partial charge is 0.0560 e. The van der Waals surface area contributed by atoms with E-state index in [4.69, 9.17) is 4.74 Å². The summed E-state index contributed by atoms with van der Waals surface area (Å²) in [5.74, 6) is 1.04. The van der Waals surface area contributed by atoms with E-state index in [-0.39, 0.29) is 0 Å². The molecule has 0 fully saturated rings. The largest absolute Gasteiger partial charge is 0.381 e. The van der Waals surface area contributed by atoms with E-state index in [1.54, 1.807) is 0 Å². The number of ether oxygens (including phenoxy) is 1. The van der Waals surface area contributed by atoms with Crippen LogP contribution in [0.5, 0.6) is 0 Å². The zero-order chi connectivity index (χ0) is 13.8. The summed E-state index contributed by atoms with van der Waals surface area (Å²) in [6, 6.07) is 8.78. The molecule has 0 radical (unpaired) electrons. The molecule has 0 aliphatic rings. The van der Waals surface area contributed by atoms with Gasteiger partial charge in [0, 0.05) is 23.8 Å². The molecule has 0 amide bonds. The van der Waals surface area contributed by atoms with Crippen LogP contribution >= 0.6 is 11.8 Å². The van der Waals surface area contributed by atoms with E-state index in [1.807, 2.05) is 11.8 Å². The van der Waals surface area contributed by atoms with Crippen molar-refractivity contribution >= 4 is 11.8 Å². The van der Waals surface area contributed by atoms with E-state index >= 15 is 0 Å². The molecule has 1 aromatic rings. The van der Waals surface area contributed by atoms with E-state index in [9.17, 15) is 0 Å². The van der Waals surface area contributed by atoms with Crippen molar-refractivity contribution in [2.24, 2.45) is 0 Å². The molecule has 0 saturated carbocycles. The monoisotopic (exact) mass is 281 g/mol. The molecule has 3 heteroatoms. The fourth-order valence-electron chi connectivity index (χ4n) is 1.72. The van der Waals surface area contributed by atoms with E-state index < -0.39 is 0 Å². The number of rotatable bonds is 11. The molecule has 0 spiro atoms. The van der Waals surface area contributed by atoms with Gasteiger partial charge in [-0.05, 0) is 37.1 Å². The first kappa shape index (κ1) is 16.5. The van der Waals surface area contributed by atoms with Crippen molar-refractivity contribution in [3.63, 3.8) is 0 Å². The summed E-state index contributed by atoms with van der Waals surface area (Å²) in [6.45, 7) is 8.19. The fraction of sp³-hybridized carbons (Fsp3) is 0.625. The number of benzene rings is 1. The molecule has 0 aromatic heterocycles. The molecule has 2 nitrogen and oxygen atoms in total. The predicted molar refractivity (Wildman–Crippen MR) is 84.9 cm³/mol. The Morgan fingerprint density at radius 3 is 2.84 bits per heavy atom. The third kappa shape index (κ3) is 8.30. The Morgan fingerprint density at radius 2 is 2.05 bits per heavy atom. The second kappa shape index (κ2) is 11.3. The molecule has 1 rings (SSSR count). The van der Waals surface area contributed by atoms with Gasteiger partial charge in [-0.2, -0.15) is 0 Å². The summed E-state index contributed by atoms with van der Waals surface area (Å²) in [7, 11) is 0. The third-order valence-corrected chi connectivity index (χ3v) is 3.75. The van der Waals surface area contributed by atoms with Crippen molar-refractivity contribution in [2.75, 3.05) is 25.5 Å². The normalized spacial score (nSPS) is 10.8. The van der Waals surface area contributed by atoms with Gasteiger partial charge in [0.05, 0.1) is 6.61 Å². The second-order valence-corrected chi connectivity index (χ2v) is 5.81. The minimum Gasteiger partial charge on any atom is -0.381 e. The van der Waals surface area contributed by atoms with Gasteiger partial charge >= 0.3 is 0 Å². The molecule has 0 saturated heterocycles. The summed E-state index contributed by atoms with van der Waals surface area (Å²) in [4.78, 5) is 1.34. The van der Waals surface area contributed by atoms with Gasteiger partial charge in [0.25, 0.3) is 0 Å². The fourth-order valence-corrected chi connectivity index (χ4v) is 2.57. The highest BCUT2D eigenvalue weighted by Crippen LogP contribution is 2.19. The lowest BCUT2D eigenvalue weighted by Gasteiger charge is -2.07. The molecule has 0 bridgehead atoms. The zero-order valence-electron chi connectivity index (χ0n) is 12.3. The first-order chi connectivity index (χ1) is 9.36. The quantitative estimate of drug-likeness (QED) is 0.487. The van der Waals surface area contributed by atoms with Crippen molar-refractivity contribution in [1.29, 1.82) is 0 Å². The van der Waals surface area contributed by atoms with Crippen molar-refractivity contribution in [3.8, 4) is 0 Å². The van der Waals surface area contributed by atoms with Crippen molar-refractivity contribution < 1.29 is 4.74 Å². The van der Waals surface area contributed by atoms with Crippen LogP contribution in [0.3, 0.4) is 0 Å². The molecule has 0 atom stereocenters. The van der Waals surface area contributed by atoms with Crippen molar-refractivity contribution in [1.82, 2.24) is 5.32 Å². The third-order valence-electron chi connectivity index (χ3n) is 2.79.